The Balaban J connectivity index is 2.07. The Morgan fingerprint density at radius 2 is 2.05 bits per heavy atom. The van der Waals surface area contributed by atoms with Gasteiger partial charge in [-0.3, -0.25) is 9.59 Å². The number of rotatable bonds is 10. The number of Topliss-reactive ketones (excluding diaryl/α,β-unsaturated/α-hetero) is 1. The van der Waals surface area contributed by atoms with Crippen molar-refractivity contribution in [2.75, 3.05) is 19.8 Å². The molecule has 0 bridgehead atoms. The first-order chi connectivity index (χ1) is 9.99. The van der Waals surface area contributed by atoms with E-state index < -0.39 is 0 Å². The molecular weight excluding hydrogens is 286 g/mol. The number of aryl methyl sites for hydroxylation is 1. The Morgan fingerprint density at radius 3 is 2.67 bits per heavy atom. The molecule has 0 saturated heterocycles. The molecule has 0 aliphatic rings. The summed E-state index contributed by atoms with van der Waals surface area (Å²) < 4.78 is 5.43. The van der Waals surface area contributed by atoms with Crippen LogP contribution < -0.4 is 5.32 Å². The number of hydrogen-bond donors (Lipinski definition) is 1. The Kier molecular flexibility index (Phi) is 8.23. The van der Waals surface area contributed by atoms with Crippen LogP contribution >= 0.6 is 11.3 Å². The van der Waals surface area contributed by atoms with E-state index in [1.165, 1.54) is 11.3 Å². The molecule has 0 spiro atoms. The average Bonchev–Trinajstić information content (AvgIpc) is 2.86. The highest BCUT2D eigenvalue weighted by Gasteiger charge is 2.10. The van der Waals surface area contributed by atoms with Crippen LogP contribution in [-0.4, -0.2) is 31.4 Å². The second-order valence-corrected chi connectivity index (χ2v) is 6.79. The maximum Gasteiger partial charge on any atom is 0.220 e. The van der Waals surface area contributed by atoms with E-state index in [0.29, 0.717) is 19.1 Å². The summed E-state index contributed by atoms with van der Waals surface area (Å²) in [5.74, 6) is 0.510. The molecule has 1 heterocycles. The van der Waals surface area contributed by atoms with Crippen LogP contribution in [0, 0.1) is 12.8 Å². The molecule has 0 aliphatic carbocycles. The summed E-state index contributed by atoms with van der Waals surface area (Å²) in [6.45, 7) is 8.19. The molecule has 1 N–H and O–H groups in total. The van der Waals surface area contributed by atoms with Crippen LogP contribution in [0.15, 0.2) is 12.1 Å². The molecule has 0 aromatic carbocycles. The number of hydrogen-bond acceptors (Lipinski definition) is 4. The van der Waals surface area contributed by atoms with E-state index >= 15 is 0 Å². The van der Waals surface area contributed by atoms with Gasteiger partial charge in [-0.1, -0.05) is 13.8 Å². The van der Waals surface area contributed by atoms with Crippen molar-refractivity contribution in [3.05, 3.63) is 21.9 Å². The van der Waals surface area contributed by atoms with Crippen molar-refractivity contribution in [3.63, 3.8) is 0 Å². The number of nitrogens with one attached hydrogen (secondary N) is 1. The highest BCUT2D eigenvalue weighted by molar-refractivity contribution is 7.14. The molecule has 0 fully saturated rings. The van der Waals surface area contributed by atoms with Crippen LogP contribution in [0.4, 0.5) is 0 Å². The maximum atomic E-state index is 11.9. The first-order valence-electron chi connectivity index (χ1n) is 7.43. The van der Waals surface area contributed by atoms with Gasteiger partial charge in [0.15, 0.2) is 5.78 Å². The van der Waals surface area contributed by atoms with E-state index in [2.05, 4.69) is 19.2 Å². The lowest BCUT2D eigenvalue weighted by Crippen LogP contribution is -2.25. The Hall–Kier alpha value is -1.20. The van der Waals surface area contributed by atoms with Crippen molar-refractivity contribution in [2.24, 2.45) is 5.92 Å². The van der Waals surface area contributed by atoms with Gasteiger partial charge in [-0.2, -0.15) is 0 Å². The molecule has 1 aromatic heterocycles. The second-order valence-electron chi connectivity index (χ2n) is 5.51. The van der Waals surface area contributed by atoms with Gasteiger partial charge in [0.05, 0.1) is 4.88 Å². The van der Waals surface area contributed by atoms with Gasteiger partial charge < -0.3 is 10.1 Å². The summed E-state index contributed by atoms with van der Waals surface area (Å²) in [4.78, 5) is 25.3. The van der Waals surface area contributed by atoms with Gasteiger partial charge in [0, 0.05) is 37.5 Å². The molecular formula is C16H25NO3S. The fourth-order valence-electron chi connectivity index (χ4n) is 1.74. The van der Waals surface area contributed by atoms with Gasteiger partial charge >= 0.3 is 0 Å². The zero-order chi connectivity index (χ0) is 15.7. The number of carbonyl (C=O) groups is 2. The van der Waals surface area contributed by atoms with Crippen molar-refractivity contribution in [1.29, 1.82) is 0 Å². The molecule has 1 aromatic rings. The first-order valence-corrected chi connectivity index (χ1v) is 8.24. The molecule has 0 aliphatic heterocycles. The normalized spacial score (nSPS) is 10.9. The quantitative estimate of drug-likeness (QED) is 0.533. The number of carbonyl (C=O) groups excluding carboxylic acids is 2. The lowest BCUT2D eigenvalue weighted by molar-refractivity contribution is -0.121. The van der Waals surface area contributed by atoms with Gasteiger partial charge in [-0.15, -0.1) is 11.3 Å². The van der Waals surface area contributed by atoms with Gasteiger partial charge in [0.2, 0.25) is 5.91 Å². The summed E-state index contributed by atoms with van der Waals surface area (Å²) in [7, 11) is 0. The van der Waals surface area contributed by atoms with Crippen LogP contribution in [0.3, 0.4) is 0 Å². The maximum absolute atomic E-state index is 11.9. The van der Waals surface area contributed by atoms with E-state index in [0.717, 1.165) is 22.8 Å². The smallest absolute Gasteiger partial charge is 0.220 e. The zero-order valence-electron chi connectivity index (χ0n) is 13.1. The highest BCUT2D eigenvalue weighted by Crippen LogP contribution is 2.17. The monoisotopic (exact) mass is 311 g/mol. The van der Waals surface area contributed by atoms with Gasteiger partial charge in [-0.05, 0) is 31.4 Å². The lowest BCUT2D eigenvalue weighted by Gasteiger charge is -2.07. The van der Waals surface area contributed by atoms with Crippen LogP contribution in [0.5, 0.6) is 0 Å². The SMILES string of the molecule is Cc1ccc(C(=O)CCC(=O)NCCCOCC(C)C)s1. The van der Waals surface area contributed by atoms with E-state index in [1.54, 1.807) is 0 Å². The van der Waals surface area contributed by atoms with Gasteiger partial charge in [0.1, 0.15) is 0 Å². The number of ether oxygens (including phenoxy) is 1. The van der Waals surface area contributed by atoms with Gasteiger partial charge in [-0.25, -0.2) is 0 Å². The molecule has 118 valence electrons. The third-order valence-electron chi connectivity index (χ3n) is 2.83. The van der Waals surface area contributed by atoms with E-state index in [9.17, 15) is 9.59 Å². The summed E-state index contributed by atoms with van der Waals surface area (Å²) in [6, 6.07) is 3.75. The van der Waals surface area contributed by atoms with Crippen molar-refractivity contribution in [3.8, 4) is 0 Å². The Morgan fingerprint density at radius 1 is 1.29 bits per heavy atom. The molecule has 0 saturated carbocycles. The molecule has 1 amide bonds. The summed E-state index contributed by atoms with van der Waals surface area (Å²) in [5.41, 5.74) is 0. The predicted molar refractivity (Wildman–Crippen MR) is 85.9 cm³/mol. The van der Waals surface area contributed by atoms with Crippen molar-refractivity contribution < 1.29 is 14.3 Å². The molecule has 0 radical (unpaired) electrons. The number of thiophene rings is 1. The molecule has 0 unspecified atom stereocenters. The standard InChI is InChI=1S/C16H25NO3S/c1-12(2)11-20-10-4-9-17-16(19)8-6-14(18)15-7-5-13(3)21-15/h5,7,12H,4,6,8-11H2,1-3H3,(H,17,19). The lowest BCUT2D eigenvalue weighted by atomic mass is 10.2. The third kappa shape index (κ3) is 7.97. The minimum absolute atomic E-state index is 0.0449. The molecule has 4 nitrogen and oxygen atoms in total. The van der Waals surface area contributed by atoms with E-state index in [4.69, 9.17) is 4.74 Å². The van der Waals surface area contributed by atoms with Crippen molar-refractivity contribution in [1.82, 2.24) is 5.32 Å². The highest BCUT2D eigenvalue weighted by atomic mass is 32.1. The third-order valence-corrected chi connectivity index (χ3v) is 3.87. The second kappa shape index (κ2) is 9.68. The molecule has 21 heavy (non-hydrogen) atoms. The average molecular weight is 311 g/mol. The van der Waals surface area contributed by atoms with Crippen molar-refractivity contribution in [2.45, 2.75) is 40.0 Å². The summed E-state index contributed by atoms with van der Waals surface area (Å²) >= 11 is 1.48. The number of ketones is 1. The largest absolute Gasteiger partial charge is 0.381 e. The Labute approximate surface area is 130 Å². The molecule has 5 heteroatoms. The minimum atomic E-state index is -0.0690. The van der Waals surface area contributed by atoms with Crippen LogP contribution in [-0.2, 0) is 9.53 Å². The number of amides is 1. The van der Waals surface area contributed by atoms with Crippen LogP contribution in [0.1, 0.15) is 47.7 Å². The predicted octanol–water partition coefficient (Wildman–Crippen LogP) is 3.20. The van der Waals surface area contributed by atoms with E-state index in [1.807, 2.05) is 19.1 Å². The van der Waals surface area contributed by atoms with Crippen LogP contribution in [0.25, 0.3) is 0 Å². The first kappa shape index (κ1) is 17.9. The Bertz CT molecular complexity index is 454. The fraction of sp³-hybridized carbons (Fsp3) is 0.625. The minimum Gasteiger partial charge on any atom is -0.381 e. The summed E-state index contributed by atoms with van der Waals surface area (Å²) in [6.07, 6.45) is 1.33. The molecule has 1 rings (SSSR count). The zero-order valence-corrected chi connectivity index (χ0v) is 13.9. The fourth-order valence-corrected chi connectivity index (χ4v) is 2.58. The molecule has 0 atom stereocenters. The topological polar surface area (TPSA) is 55.4 Å². The van der Waals surface area contributed by atoms with Crippen LogP contribution in [0.2, 0.25) is 0 Å². The van der Waals surface area contributed by atoms with E-state index in [-0.39, 0.29) is 24.5 Å². The summed E-state index contributed by atoms with van der Waals surface area (Å²) in [5, 5.41) is 2.82. The van der Waals surface area contributed by atoms with Gasteiger partial charge in [0.25, 0.3) is 0 Å². The van der Waals surface area contributed by atoms with Crippen molar-refractivity contribution >= 4 is 23.0 Å².